The van der Waals surface area contributed by atoms with Crippen LogP contribution in [0.15, 0.2) is 47.6 Å². The van der Waals surface area contributed by atoms with Crippen LogP contribution in [0, 0.1) is 10.1 Å². The van der Waals surface area contributed by atoms with Gasteiger partial charge in [0.05, 0.1) is 31.2 Å². The van der Waals surface area contributed by atoms with E-state index in [0.717, 1.165) is 19.1 Å². The van der Waals surface area contributed by atoms with Crippen LogP contribution >= 0.6 is 0 Å². The number of amides is 9. The molecular weight excluding hydrogens is 911 g/mol. The van der Waals surface area contributed by atoms with Gasteiger partial charge >= 0.3 is 5.69 Å². The van der Waals surface area contributed by atoms with Gasteiger partial charge in [-0.1, -0.05) is 12.1 Å². The fraction of sp³-hybridized carbons (Fsp3) is 0.488. The maximum Gasteiger partial charge on any atom is 0.310 e. The number of phenols is 1. The number of nitrogens with one attached hydrogen (secondary N) is 8. The molecule has 0 saturated carbocycles. The molecule has 28 nitrogen and oxygen atoms in total. The maximum atomic E-state index is 14.0. The van der Waals surface area contributed by atoms with Gasteiger partial charge in [-0.3, -0.25) is 63.2 Å². The van der Waals surface area contributed by atoms with Gasteiger partial charge in [0.1, 0.15) is 30.2 Å². The maximum absolute atomic E-state index is 14.0. The molecule has 0 bridgehead atoms. The molecule has 2 aromatic rings. The Morgan fingerprint density at radius 1 is 0.696 bits per heavy atom. The van der Waals surface area contributed by atoms with Crippen LogP contribution in [0.25, 0.3) is 0 Å². The second-order valence-electron chi connectivity index (χ2n) is 15.3. The van der Waals surface area contributed by atoms with Crippen molar-refractivity contribution in [3.05, 3.63) is 64.0 Å². The van der Waals surface area contributed by atoms with Crippen molar-refractivity contribution >= 4 is 64.8 Å². The first-order valence-electron chi connectivity index (χ1n) is 21.5. The minimum Gasteiger partial charge on any atom is -0.502 e. The van der Waals surface area contributed by atoms with Crippen LogP contribution in [0.4, 0.5) is 5.69 Å². The van der Waals surface area contributed by atoms with E-state index in [2.05, 4.69) is 52.5 Å². The van der Waals surface area contributed by atoms with Crippen molar-refractivity contribution in [3.8, 4) is 5.75 Å². The Hall–Kier alpha value is -8.01. The number of phenolic OH excluding ortho intramolecular Hbond substituents is 1. The normalized spacial score (nSPS) is 12.8. The second-order valence-corrected chi connectivity index (χ2v) is 15.3. The number of benzene rings is 1. The lowest BCUT2D eigenvalue weighted by atomic mass is 10.0. The van der Waals surface area contributed by atoms with Gasteiger partial charge in [0.15, 0.2) is 11.7 Å². The third-order valence-corrected chi connectivity index (χ3v) is 9.72. The van der Waals surface area contributed by atoms with Crippen LogP contribution in [0.3, 0.4) is 0 Å². The quantitative estimate of drug-likeness (QED) is 0.0110. The lowest BCUT2D eigenvalue weighted by Gasteiger charge is -2.24. The van der Waals surface area contributed by atoms with Crippen LogP contribution in [0.5, 0.6) is 5.75 Å². The van der Waals surface area contributed by atoms with E-state index < -0.39 is 132 Å². The molecule has 9 amide bonds. The van der Waals surface area contributed by atoms with Crippen LogP contribution in [-0.4, -0.2) is 149 Å². The number of pyridine rings is 1. The molecule has 0 fully saturated rings. The SMILES string of the molecule is CC(=O)N[C@@H](CO)C(=O)N[C@@H](CCCCN=C(N)N)C(=O)NCC(=O)N[C@@H](Cc1ccccn1)C(=O)N[C@@H](Cc1ccc(O)c([N+](=O)[O-])c1)C(=O)NCC(=O)NCC(=O)N[C@@H](CCCCN)C(N)=O. The molecule has 0 aliphatic rings. The summed E-state index contributed by atoms with van der Waals surface area (Å²) in [4.78, 5) is 135. The van der Waals surface area contributed by atoms with E-state index in [1.807, 2.05) is 0 Å². The number of rotatable bonds is 31. The summed E-state index contributed by atoms with van der Waals surface area (Å²) in [6.45, 7) is -1.23. The number of guanidine groups is 1. The number of aliphatic imine (C=N–C) groups is 1. The minimum absolute atomic E-state index is 0.0000943. The Bertz CT molecular complexity index is 2140. The first-order valence-corrected chi connectivity index (χ1v) is 21.5. The van der Waals surface area contributed by atoms with Crippen LogP contribution in [0.2, 0.25) is 0 Å². The summed E-state index contributed by atoms with van der Waals surface area (Å²) in [5.74, 6) is -8.60. The van der Waals surface area contributed by atoms with Gasteiger partial charge in [-0.25, -0.2) is 0 Å². The summed E-state index contributed by atoms with van der Waals surface area (Å²) in [7, 11) is 0. The predicted molar refractivity (Wildman–Crippen MR) is 244 cm³/mol. The molecule has 0 saturated heterocycles. The number of aromatic hydroxyl groups is 1. The van der Waals surface area contributed by atoms with Gasteiger partial charge in [0.25, 0.3) is 0 Å². The van der Waals surface area contributed by atoms with Gasteiger partial charge in [0, 0.05) is 44.3 Å². The fourth-order valence-corrected chi connectivity index (χ4v) is 6.24. The number of carbonyl (C=O) groups excluding carboxylic acids is 9. The first kappa shape index (κ1) is 57.1. The first-order chi connectivity index (χ1) is 32.7. The van der Waals surface area contributed by atoms with Gasteiger partial charge in [-0.2, -0.15) is 0 Å². The molecule has 0 aliphatic heterocycles. The minimum atomic E-state index is -1.61. The molecule has 5 atom stereocenters. The molecule has 0 spiro atoms. The number of aromatic nitrogens is 1. The highest BCUT2D eigenvalue weighted by atomic mass is 16.6. The van der Waals surface area contributed by atoms with E-state index in [1.54, 1.807) is 12.1 Å². The van der Waals surface area contributed by atoms with Gasteiger partial charge in [0.2, 0.25) is 53.2 Å². The summed E-state index contributed by atoms with van der Waals surface area (Å²) < 4.78 is 0. The molecule has 18 N–H and O–H groups in total. The van der Waals surface area contributed by atoms with Crippen molar-refractivity contribution < 1.29 is 58.3 Å². The molecule has 2 rings (SSSR count). The largest absolute Gasteiger partial charge is 0.502 e. The Labute approximate surface area is 395 Å². The molecule has 1 aromatic heterocycles. The lowest BCUT2D eigenvalue weighted by Crippen LogP contribution is -2.57. The number of nitrogens with zero attached hydrogens (tertiary/aromatic N) is 3. The number of primary amides is 1. The summed E-state index contributed by atoms with van der Waals surface area (Å²) in [6, 6.07) is 1.08. The number of aliphatic hydroxyl groups is 1. The van der Waals surface area contributed by atoms with Gasteiger partial charge in [-0.15, -0.1) is 0 Å². The van der Waals surface area contributed by atoms with Crippen LogP contribution in [-0.2, 0) is 56.0 Å². The number of aliphatic hydroxyl groups excluding tert-OH is 1. The summed E-state index contributed by atoms with van der Waals surface area (Å²) in [5.41, 5.74) is 21.2. The van der Waals surface area contributed by atoms with Crippen molar-refractivity contribution in [1.29, 1.82) is 0 Å². The number of hydrogen-bond donors (Lipinski definition) is 14. The van der Waals surface area contributed by atoms with Gasteiger partial charge in [-0.05, 0) is 68.8 Å². The Balaban J connectivity index is 2.30. The van der Waals surface area contributed by atoms with E-state index >= 15 is 0 Å². The Morgan fingerprint density at radius 2 is 1.28 bits per heavy atom. The average Bonchev–Trinajstić information content (AvgIpc) is 3.30. The number of nitro groups is 1. The van der Waals surface area contributed by atoms with Crippen LogP contribution < -0.4 is 65.5 Å². The Morgan fingerprint density at radius 3 is 1.87 bits per heavy atom. The topological polar surface area (TPSA) is 463 Å². The summed E-state index contributed by atoms with van der Waals surface area (Å²) in [5, 5.41) is 50.2. The van der Waals surface area contributed by atoms with Crippen molar-refractivity contribution in [2.75, 3.05) is 39.3 Å². The highest BCUT2D eigenvalue weighted by Gasteiger charge is 2.30. The van der Waals surface area contributed by atoms with E-state index in [4.69, 9.17) is 22.9 Å². The number of hydrogen-bond acceptors (Lipinski definition) is 16. The molecule has 0 unspecified atom stereocenters. The van der Waals surface area contributed by atoms with Crippen LogP contribution in [0.1, 0.15) is 56.7 Å². The van der Waals surface area contributed by atoms with E-state index in [-0.39, 0.29) is 43.0 Å². The number of carbonyl (C=O) groups is 9. The molecule has 0 radical (unpaired) electrons. The standard InChI is InChI=1S/C41H61N15O13/c1-23(58)51-30(22-57)40(67)54-27(10-4-7-15-47-41(44)45)37(64)50-21-35(62)53-29(18-25-8-3-6-14-46-25)39(66)55-28(16-24-11-12-32(59)31(17-24)56(68)69)38(65)49-19-33(60)48-20-34(61)52-26(36(43)63)9-2-5-13-42/h3,6,8,11-12,14,17,26-30,57,59H,2,4-5,7,9-10,13,15-16,18-22,42H2,1H3,(H2,43,63)(H,48,60)(H,49,65)(H,50,64)(H,51,58)(H,52,61)(H,53,62)(H,54,67)(H,55,66)(H4,44,45,47)/t26-,27-,28-,29-,30-/m0/s1. The third kappa shape index (κ3) is 22.4. The van der Waals surface area contributed by atoms with Crippen molar-refractivity contribution in [1.82, 2.24) is 47.5 Å². The Kier molecular flexibility index (Phi) is 25.1. The molecule has 69 heavy (non-hydrogen) atoms. The zero-order valence-corrected chi connectivity index (χ0v) is 37.9. The smallest absolute Gasteiger partial charge is 0.310 e. The predicted octanol–water partition coefficient (Wildman–Crippen LogP) is -5.68. The van der Waals surface area contributed by atoms with Gasteiger partial charge < -0.3 is 75.7 Å². The zero-order chi connectivity index (χ0) is 51.5. The van der Waals surface area contributed by atoms with E-state index in [1.165, 1.54) is 18.3 Å². The van der Waals surface area contributed by atoms with Crippen molar-refractivity contribution in [2.45, 2.75) is 88.5 Å². The number of nitrogens with two attached hydrogens (primary N) is 4. The number of unbranched alkanes of at least 4 members (excludes halogenated alkanes) is 2. The molecule has 1 heterocycles. The van der Waals surface area contributed by atoms with Crippen molar-refractivity contribution in [3.63, 3.8) is 0 Å². The lowest BCUT2D eigenvalue weighted by molar-refractivity contribution is -0.385. The van der Waals surface area contributed by atoms with E-state index in [9.17, 15) is 63.5 Å². The summed E-state index contributed by atoms with van der Waals surface area (Å²) >= 11 is 0. The molecule has 0 aliphatic carbocycles. The zero-order valence-electron chi connectivity index (χ0n) is 37.9. The average molecular weight is 972 g/mol. The molecule has 28 heteroatoms. The third-order valence-electron chi connectivity index (χ3n) is 9.72. The summed E-state index contributed by atoms with van der Waals surface area (Å²) in [6.07, 6.45) is 2.63. The molecule has 378 valence electrons. The van der Waals surface area contributed by atoms with Crippen molar-refractivity contribution in [2.24, 2.45) is 27.9 Å². The fourth-order valence-electron chi connectivity index (χ4n) is 6.24. The van der Waals surface area contributed by atoms with E-state index in [0.29, 0.717) is 32.2 Å². The molecular formula is C41H61N15O13. The monoisotopic (exact) mass is 971 g/mol. The number of nitro benzene ring substituents is 1. The highest BCUT2D eigenvalue weighted by molar-refractivity contribution is 5.96. The highest BCUT2D eigenvalue weighted by Crippen LogP contribution is 2.27. The molecule has 1 aromatic carbocycles. The second kappa shape index (κ2) is 30.3.